The van der Waals surface area contributed by atoms with Crippen LogP contribution in [0.4, 0.5) is 0 Å². The first-order valence-corrected chi connectivity index (χ1v) is 5.23. The Balaban J connectivity index is 2.00. The Hall–Kier alpha value is 0.310. The Bertz CT molecular complexity index is 42.4. The van der Waals surface area contributed by atoms with Crippen LogP contribution in [0, 0.1) is 0 Å². The van der Waals surface area contributed by atoms with Crippen LogP contribution in [0.3, 0.4) is 0 Å². The molecular weight excluding hydrogens is 142 g/mol. The van der Waals surface area contributed by atoms with E-state index in [0.717, 1.165) is 6.54 Å². The minimum absolute atomic E-state index is 1.09. The second-order valence-corrected chi connectivity index (χ2v) is 3.73. The van der Waals surface area contributed by atoms with Crippen molar-refractivity contribution in [1.82, 2.24) is 4.72 Å². The Morgan fingerprint density at radius 1 is 0.800 bits per heavy atom. The number of hydrogen-bond donors (Lipinski definition) is 0. The monoisotopic (exact) mass is 158 g/mol. The van der Waals surface area contributed by atoms with Crippen molar-refractivity contribution in [3.63, 3.8) is 0 Å². The predicted octanol–water partition coefficient (Wildman–Crippen LogP) is 2.59. The first kappa shape index (κ1) is 8.41. The highest BCUT2D eigenvalue weighted by atomic mass is 32.2. The van der Waals surface area contributed by atoms with E-state index >= 15 is 0 Å². The van der Waals surface area contributed by atoms with Gasteiger partial charge in [0.05, 0.1) is 0 Å². The predicted molar refractivity (Wildman–Crippen MR) is 47.2 cm³/mol. The van der Waals surface area contributed by atoms with Gasteiger partial charge in [-0.1, -0.05) is 37.6 Å². The average molecular weight is 158 g/mol. The van der Waals surface area contributed by atoms with E-state index in [9.17, 15) is 0 Å². The zero-order valence-electron chi connectivity index (χ0n) is 6.51. The number of nitrogens with zero attached hydrogens (tertiary/aromatic N) is 1. The zero-order chi connectivity index (χ0) is 7.07. The summed E-state index contributed by atoms with van der Waals surface area (Å²) < 4.78 is 4.35. The van der Waals surface area contributed by atoms with Crippen LogP contribution in [-0.4, -0.2) is 12.3 Å². The van der Waals surface area contributed by atoms with Gasteiger partial charge in [-0.3, -0.25) is 0 Å². The molecule has 2 heteroatoms. The Morgan fingerprint density at radius 2 is 1.50 bits per heavy atom. The molecule has 0 spiro atoms. The minimum atomic E-state index is 1.09. The highest BCUT2D eigenvalue weighted by Gasteiger charge is 1.96. The second-order valence-electron chi connectivity index (χ2n) is 2.81. The molecule has 1 rings (SSSR count). The Kier molecular flexibility index (Phi) is 5.08. The number of hydrogen-bond acceptors (Lipinski definition) is 1. The largest absolute Gasteiger partial charge is 0.175 e. The molecule has 1 heterocycles. The molecule has 0 aromatic heterocycles. The lowest BCUT2D eigenvalue weighted by atomic mass is 10.1. The summed E-state index contributed by atoms with van der Waals surface area (Å²) in [5.41, 5.74) is 0. The van der Waals surface area contributed by atoms with Crippen LogP contribution in [0.1, 0.15) is 38.5 Å². The van der Waals surface area contributed by atoms with E-state index in [1.165, 1.54) is 44.3 Å². The van der Waals surface area contributed by atoms with E-state index in [-0.39, 0.29) is 0 Å². The van der Waals surface area contributed by atoms with Gasteiger partial charge in [0.25, 0.3) is 0 Å². The summed E-state index contributed by atoms with van der Waals surface area (Å²) >= 11 is 1.78. The molecule has 0 amide bonds. The van der Waals surface area contributed by atoms with Crippen molar-refractivity contribution in [1.29, 1.82) is 0 Å². The van der Waals surface area contributed by atoms with Crippen molar-refractivity contribution in [2.75, 3.05) is 12.3 Å². The molecule has 1 nitrogen and oxygen atoms in total. The third-order valence-corrected chi connectivity index (χ3v) is 2.66. The molecule has 59 valence electrons. The van der Waals surface area contributed by atoms with Crippen LogP contribution < -0.4 is 4.72 Å². The van der Waals surface area contributed by atoms with Gasteiger partial charge in [-0.15, -0.1) is 0 Å². The highest BCUT2D eigenvalue weighted by molar-refractivity contribution is 7.97. The SMILES string of the molecule is C1CCCCS[N]CCC1. The molecule has 0 aromatic carbocycles. The quantitative estimate of drug-likeness (QED) is 0.494. The highest BCUT2D eigenvalue weighted by Crippen LogP contribution is 2.11. The number of rotatable bonds is 0. The fraction of sp³-hybridized carbons (Fsp3) is 1.00. The maximum atomic E-state index is 4.35. The molecule has 1 aliphatic rings. The molecule has 10 heavy (non-hydrogen) atoms. The molecule has 1 aliphatic heterocycles. The van der Waals surface area contributed by atoms with Gasteiger partial charge < -0.3 is 0 Å². The maximum absolute atomic E-state index is 4.35. The lowest BCUT2D eigenvalue weighted by molar-refractivity contribution is 0.600. The molecule has 1 fully saturated rings. The summed E-state index contributed by atoms with van der Waals surface area (Å²) in [7, 11) is 0. The van der Waals surface area contributed by atoms with Crippen LogP contribution in [0.2, 0.25) is 0 Å². The molecule has 0 atom stereocenters. The van der Waals surface area contributed by atoms with Gasteiger partial charge in [0.1, 0.15) is 0 Å². The average Bonchev–Trinajstić information content (AvgIpc) is 2.01. The van der Waals surface area contributed by atoms with Gasteiger partial charge >= 0.3 is 0 Å². The maximum Gasteiger partial charge on any atom is 0.0256 e. The van der Waals surface area contributed by atoms with Gasteiger partial charge in [-0.25, -0.2) is 0 Å². The summed E-state index contributed by atoms with van der Waals surface area (Å²) in [5, 5.41) is 0. The Morgan fingerprint density at radius 3 is 2.40 bits per heavy atom. The van der Waals surface area contributed by atoms with Crippen LogP contribution >= 0.6 is 11.9 Å². The third kappa shape index (κ3) is 4.18. The van der Waals surface area contributed by atoms with Crippen molar-refractivity contribution in [3.05, 3.63) is 0 Å². The van der Waals surface area contributed by atoms with E-state index in [1.54, 1.807) is 11.9 Å². The van der Waals surface area contributed by atoms with E-state index in [2.05, 4.69) is 4.72 Å². The van der Waals surface area contributed by atoms with Crippen LogP contribution in [0.25, 0.3) is 0 Å². The van der Waals surface area contributed by atoms with Crippen molar-refractivity contribution in [2.24, 2.45) is 0 Å². The standard InChI is InChI=1S/C8H16NS/c1-2-4-6-8-10-9-7-5-3-1/h1-8H2. The molecule has 0 saturated carbocycles. The van der Waals surface area contributed by atoms with Gasteiger partial charge in [0, 0.05) is 12.3 Å². The smallest absolute Gasteiger partial charge is 0.0256 e. The summed E-state index contributed by atoms with van der Waals surface area (Å²) in [4.78, 5) is 0. The van der Waals surface area contributed by atoms with E-state index in [4.69, 9.17) is 0 Å². The summed E-state index contributed by atoms with van der Waals surface area (Å²) in [6, 6.07) is 0. The molecule has 1 saturated heterocycles. The molecule has 0 bridgehead atoms. The van der Waals surface area contributed by atoms with Gasteiger partial charge in [-0.2, -0.15) is 4.72 Å². The van der Waals surface area contributed by atoms with Crippen LogP contribution in [0.5, 0.6) is 0 Å². The molecule has 0 unspecified atom stereocenters. The van der Waals surface area contributed by atoms with Crippen molar-refractivity contribution >= 4 is 11.9 Å². The normalized spacial score (nSPS) is 24.0. The Labute approximate surface area is 68.1 Å². The van der Waals surface area contributed by atoms with Crippen LogP contribution in [0.15, 0.2) is 0 Å². The lowest BCUT2D eigenvalue weighted by Gasteiger charge is -2.05. The fourth-order valence-electron chi connectivity index (χ4n) is 1.18. The topological polar surface area (TPSA) is 14.1 Å². The van der Waals surface area contributed by atoms with Crippen LogP contribution in [-0.2, 0) is 0 Å². The molecule has 0 N–H and O–H groups in total. The van der Waals surface area contributed by atoms with Crippen molar-refractivity contribution in [2.45, 2.75) is 38.5 Å². The molecule has 0 aliphatic carbocycles. The molecule has 0 aromatic rings. The molecule has 1 radical (unpaired) electrons. The van der Waals surface area contributed by atoms with E-state index in [1.807, 2.05) is 0 Å². The van der Waals surface area contributed by atoms with Gasteiger partial charge in [0.2, 0.25) is 0 Å². The van der Waals surface area contributed by atoms with E-state index < -0.39 is 0 Å². The summed E-state index contributed by atoms with van der Waals surface area (Å²) in [6.07, 6.45) is 8.37. The van der Waals surface area contributed by atoms with Crippen molar-refractivity contribution < 1.29 is 0 Å². The molecular formula is C8H16NS. The minimum Gasteiger partial charge on any atom is -0.175 e. The van der Waals surface area contributed by atoms with E-state index in [0.29, 0.717) is 0 Å². The van der Waals surface area contributed by atoms with Gasteiger partial charge in [-0.05, 0) is 12.8 Å². The first-order chi connectivity index (χ1) is 5.00. The zero-order valence-corrected chi connectivity index (χ0v) is 7.33. The first-order valence-electron chi connectivity index (χ1n) is 4.29. The summed E-state index contributed by atoms with van der Waals surface area (Å²) in [6.45, 7) is 1.09. The van der Waals surface area contributed by atoms with Crippen molar-refractivity contribution in [3.8, 4) is 0 Å². The van der Waals surface area contributed by atoms with Gasteiger partial charge in [0.15, 0.2) is 0 Å². The third-order valence-electron chi connectivity index (χ3n) is 1.83. The lowest BCUT2D eigenvalue weighted by Crippen LogP contribution is -2.00. The second kappa shape index (κ2) is 6.05. The summed E-state index contributed by atoms with van der Waals surface area (Å²) in [5.74, 6) is 1.25. The fourth-order valence-corrected chi connectivity index (χ4v) is 1.90.